The van der Waals surface area contributed by atoms with Crippen molar-refractivity contribution in [3.63, 3.8) is 0 Å². The number of aryl methyl sites for hydroxylation is 1. The summed E-state index contributed by atoms with van der Waals surface area (Å²) in [7, 11) is 3.40. The number of rotatable bonds is 9. The number of fused-ring (bicyclic) bond motifs is 1. The van der Waals surface area contributed by atoms with Gasteiger partial charge in [0, 0.05) is 58.5 Å². The molecule has 1 aromatic carbocycles. The molecule has 0 unspecified atom stereocenters. The van der Waals surface area contributed by atoms with Crippen LogP contribution in [0.1, 0.15) is 27.2 Å². The summed E-state index contributed by atoms with van der Waals surface area (Å²) in [4.78, 5) is 28.1. The third-order valence-corrected chi connectivity index (χ3v) is 7.17. The maximum Gasteiger partial charge on any atom is 0.264 e. The normalized spacial score (nSPS) is 14.6. The molecule has 1 fully saturated rings. The zero-order valence-corrected chi connectivity index (χ0v) is 20.3. The third kappa shape index (κ3) is 5.26. The Balaban J connectivity index is 1.42. The first-order valence-corrected chi connectivity index (χ1v) is 12.0. The Labute approximate surface area is 198 Å². The number of nitrogens with zero attached hydrogens (tertiary/aromatic N) is 4. The summed E-state index contributed by atoms with van der Waals surface area (Å²) < 4.78 is 10.6. The number of amides is 1. The predicted octanol–water partition coefficient (Wildman–Crippen LogP) is 3.41. The lowest BCUT2D eigenvalue weighted by molar-refractivity contribution is 0.0631. The minimum absolute atomic E-state index is 0.0813. The highest BCUT2D eigenvalue weighted by atomic mass is 32.1. The van der Waals surface area contributed by atoms with Crippen LogP contribution in [-0.4, -0.2) is 79.2 Å². The standard InChI is InChI=1S/C24H31N5O3S/c1-17-20-22(25-9-6-14-31-2)26-16-27-23(20)33-21(17)24(30)29-12-10-28(11-13-29)15-18-7-4-5-8-19(18)32-3/h4-5,7-8,16H,6,9-15H2,1-3H3,(H,25,26,27). The van der Waals surface area contributed by atoms with Crippen LogP contribution in [-0.2, 0) is 11.3 Å². The molecule has 33 heavy (non-hydrogen) atoms. The molecule has 3 aromatic rings. The van der Waals surface area contributed by atoms with Gasteiger partial charge in [0.05, 0.1) is 17.4 Å². The lowest BCUT2D eigenvalue weighted by Gasteiger charge is -2.34. The second-order valence-corrected chi connectivity index (χ2v) is 9.11. The summed E-state index contributed by atoms with van der Waals surface area (Å²) in [5.74, 6) is 1.77. The molecule has 8 nitrogen and oxygen atoms in total. The van der Waals surface area contributed by atoms with E-state index in [0.717, 1.165) is 64.8 Å². The number of piperazine rings is 1. The van der Waals surface area contributed by atoms with Crippen molar-refractivity contribution in [1.82, 2.24) is 19.8 Å². The molecule has 0 radical (unpaired) electrons. The van der Waals surface area contributed by atoms with Crippen molar-refractivity contribution in [2.75, 3.05) is 58.9 Å². The Kier molecular flexibility index (Phi) is 7.74. The van der Waals surface area contributed by atoms with E-state index in [2.05, 4.69) is 26.3 Å². The zero-order valence-electron chi connectivity index (χ0n) is 19.5. The number of hydrogen-bond acceptors (Lipinski definition) is 8. The van der Waals surface area contributed by atoms with E-state index in [0.29, 0.717) is 19.7 Å². The SMILES string of the molecule is COCCCNc1ncnc2sc(C(=O)N3CCN(Cc4ccccc4OC)CC3)c(C)c12. The van der Waals surface area contributed by atoms with Gasteiger partial charge in [-0.1, -0.05) is 18.2 Å². The van der Waals surface area contributed by atoms with Gasteiger partial charge < -0.3 is 19.7 Å². The van der Waals surface area contributed by atoms with E-state index in [9.17, 15) is 4.79 Å². The smallest absolute Gasteiger partial charge is 0.264 e. The summed E-state index contributed by atoms with van der Waals surface area (Å²) in [6.45, 7) is 7.34. The molecule has 9 heteroatoms. The molecule has 1 aliphatic heterocycles. The van der Waals surface area contributed by atoms with Gasteiger partial charge in [0.2, 0.25) is 0 Å². The lowest BCUT2D eigenvalue weighted by atomic mass is 10.1. The van der Waals surface area contributed by atoms with E-state index in [-0.39, 0.29) is 5.91 Å². The van der Waals surface area contributed by atoms with Gasteiger partial charge in [0.25, 0.3) is 5.91 Å². The average Bonchev–Trinajstić information content (AvgIpc) is 3.19. The van der Waals surface area contributed by atoms with Crippen molar-refractivity contribution in [2.24, 2.45) is 0 Å². The van der Waals surface area contributed by atoms with E-state index in [1.807, 2.05) is 30.0 Å². The summed E-state index contributed by atoms with van der Waals surface area (Å²) >= 11 is 1.45. The Hall–Kier alpha value is -2.75. The fourth-order valence-electron chi connectivity index (χ4n) is 4.16. The van der Waals surface area contributed by atoms with Crippen molar-refractivity contribution in [3.05, 3.63) is 46.6 Å². The number of para-hydroxylation sites is 1. The average molecular weight is 470 g/mol. The molecule has 1 saturated heterocycles. The van der Waals surface area contributed by atoms with Crippen molar-refractivity contribution in [2.45, 2.75) is 19.9 Å². The van der Waals surface area contributed by atoms with Crippen LogP contribution < -0.4 is 10.1 Å². The summed E-state index contributed by atoms with van der Waals surface area (Å²) in [5.41, 5.74) is 2.12. The molecule has 0 aliphatic carbocycles. The van der Waals surface area contributed by atoms with Gasteiger partial charge in [-0.25, -0.2) is 9.97 Å². The molecule has 176 valence electrons. The molecular weight excluding hydrogens is 438 g/mol. The highest BCUT2D eigenvalue weighted by Crippen LogP contribution is 2.34. The molecule has 0 saturated carbocycles. The molecule has 1 amide bonds. The minimum atomic E-state index is 0.0813. The maximum atomic E-state index is 13.4. The topological polar surface area (TPSA) is 79.8 Å². The zero-order chi connectivity index (χ0) is 23.2. The summed E-state index contributed by atoms with van der Waals surface area (Å²) in [5, 5.41) is 4.31. The van der Waals surface area contributed by atoms with E-state index >= 15 is 0 Å². The van der Waals surface area contributed by atoms with Crippen LogP contribution in [0.25, 0.3) is 10.2 Å². The first-order valence-electron chi connectivity index (χ1n) is 11.2. The third-order valence-electron chi connectivity index (χ3n) is 5.98. The number of benzene rings is 1. The van der Waals surface area contributed by atoms with Gasteiger partial charge in [-0.3, -0.25) is 9.69 Å². The monoisotopic (exact) mass is 469 g/mol. The minimum Gasteiger partial charge on any atom is -0.496 e. The predicted molar refractivity (Wildman–Crippen MR) is 131 cm³/mol. The number of nitrogens with one attached hydrogen (secondary N) is 1. The van der Waals surface area contributed by atoms with Crippen LogP contribution in [0.4, 0.5) is 5.82 Å². The summed E-state index contributed by atoms with van der Waals surface area (Å²) in [6, 6.07) is 8.10. The van der Waals surface area contributed by atoms with Crippen LogP contribution in [0.2, 0.25) is 0 Å². The molecule has 1 N–H and O–H groups in total. The molecule has 3 heterocycles. The lowest BCUT2D eigenvalue weighted by Crippen LogP contribution is -2.48. The Morgan fingerprint density at radius 3 is 2.70 bits per heavy atom. The molecule has 0 bridgehead atoms. The van der Waals surface area contributed by atoms with Gasteiger partial charge in [-0.15, -0.1) is 11.3 Å². The Morgan fingerprint density at radius 2 is 1.94 bits per heavy atom. The van der Waals surface area contributed by atoms with E-state index in [1.165, 1.54) is 16.9 Å². The van der Waals surface area contributed by atoms with E-state index < -0.39 is 0 Å². The second-order valence-electron chi connectivity index (χ2n) is 8.11. The van der Waals surface area contributed by atoms with Crippen molar-refractivity contribution >= 4 is 33.3 Å². The fourth-order valence-corrected chi connectivity index (χ4v) is 5.28. The summed E-state index contributed by atoms with van der Waals surface area (Å²) in [6.07, 6.45) is 2.44. The first-order chi connectivity index (χ1) is 16.1. The Bertz CT molecular complexity index is 1090. The van der Waals surface area contributed by atoms with Gasteiger partial charge in [0.15, 0.2) is 0 Å². The molecular formula is C24H31N5O3S. The van der Waals surface area contributed by atoms with Crippen LogP contribution in [0.3, 0.4) is 0 Å². The number of aromatic nitrogens is 2. The molecule has 2 aromatic heterocycles. The van der Waals surface area contributed by atoms with Crippen LogP contribution in [0, 0.1) is 6.92 Å². The number of ether oxygens (including phenoxy) is 2. The molecule has 4 rings (SSSR count). The van der Waals surface area contributed by atoms with Crippen molar-refractivity contribution < 1.29 is 14.3 Å². The highest BCUT2D eigenvalue weighted by molar-refractivity contribution is 7.20. The van der Waals surface area contributed by atoms with Crippen LogP contribution >= 0.6 is 11.3 Å². The molecule has 1 aliphatic rings. The van der Waals surface area contributed by atoms with Gasteiger partial charge in [0.1, 0.15) is 22.7 Å². The van der Waals surface area contributed by atoms with Crippen LogP contribution in [0.15, 0.2) is 30.6 Å². The van der Waals surface area contributed by atoms with Crippen molar-refractivity contribution in [1.29, 1.82) is 0 Å². The van der Waals surface area contributed by atoms with Gasteiger partial charge in [-0.2, -0.15) is 0 Å². The first kappa shape index (κ1) is 23.4. The largest absolute Gasteiger partial charge is 0.496 e. The van der Waals surface area contributed by atoms with Gasteiger partial charge >= 0.3 is 0 Å². The molecule has 0 atom stereocenters. The van der Waals surface area contributed by atoms with E-state index in [4.69, 9.17) is 9.47 Å². The number of thiophene rings is 1. The Morgan fingerprint density at radius 1 is 1.15 bits per heavy atom. The number of carbonyl (C=O) groups excluding carboxylic acids is 1. The van der Waals surface area contributed by atoms with Gasteiger partial charge in [-0.05, 0) is 25.0 Å². The second kappa shape index (κ2) is 10.9. The molecule has 0 spiro atoms. The number of carbonyl (C=O) groups is 1. The number of anilines is 1. The maximum absolute atomic E-state index is 13.4. The van der Waals surface area contributed by atoms with Crippen LogP contribution in [0.5, 0.6) is 5.75 Å². The number of methoxy groups -OCH3 is 2. The number of hydrogen-bond donors (Lipinski definition) is 1. The highest BCUT2D eigenvalue weighted by Gasteiger charge is 2.27. The van der Waals surface area contributed by atoms with Crippen molar-refractivity contribution in [3.8, 4) is 5.75 Å². The van der Waals surface area contributed by atoms with E-state index in [1.54, 1.807) is 20.5 Å². The quantitative estimate of drug-likeness (QED) is 0.481. The fraction of sp³-hybridized carbons (Fsp3) is 0.458.